The summed E-state index contributed by atoms with van der Waals surface area (Å²) in [4.78, 5) is 10.9. The van der Waals surface area contributed by atoms with Crippen molar-refractivity contribution < 1.29 is 14.6 Å². The fourth-order valence-electron chi connectivity index (χ4n) is 1.29. The largest absolute Gasteiger partial charge is 0.480 e. The molecule has 0 aliphatic carbocycles. The molecule has 0 radical (unpaired) electrons. The van der Waals surface area contributed by atoms with E-state index in [-0.39, 0.29) is 11.5 Å². The summed E-state index contributed by atoms with van der Waals surface area (Å²) in [6.07, 6.45) is 0. The van der Waals surface area contributed by atoms with Gasteiger partial charge >= 0.3 is 5.97 Å². The molecule has 0 bridgehead atoms. The van der Waals surface area contributed by atoms with Gasteiger partial charge in [0.05, 0.1) is 13.2 Å². The molecule has 0 saturated carbocycles. The third-order valence-electron chi connectivity index (χ3n) is 1.99. The molecule has 1 unspecified atom stereocenters. The molecule has 1 aliphatic rings. The van der Waals surface area contributed by atoms with E-state index in [1.807, 2.05) is 20.8 Å². The molecule has 0 aromatic heterocycles. The molecule has 0 aromatic rings. The Balaban J connectivity index is 2.52. The minimum absolute atomic E-state index is 0.122. The third-order valence-corrected chi connectivity index (χ3v) is 1.99. The lowest BCUT2D eigenvalue weighted by Crippen LogP contribution is -2.56. The molecule has 1 saturated heterocycles. The van der Waals surface area contributed by atoms with Crippen molar-refractivity contribution in [2.24, 2.45) is 5.92 Å². The fourth-order valence-corrected chi connectivity index (χ4v) is 1.29. The number of carboxylic acid groups (broad SMARTS) is 1. The highest BCUT2D eigenvalue weighted by molar-refractivity contribution is 5.74. The van der Waals surface area contributed by atoms with Crippen LogP contribution in [0.15, 0.2) is 0 Å². The van der Waals surface area contributed by atoms with Crippen molar-refractivity contribution in [3.8, 4) is 0 Å². The maximum absolute atomic E-state index is 10.9. The molecule has 1 atom stereocenters. The summed E-state index contributed by atoms with van der Waals surface area (Å²) in [7, 11) is 0. The van der Waals surface area contributed by atoms with Crippen LogP contribution >= 0.6 is 0 Å². The molecule has 0 aromatic carbocycles. The molecule has 0 spiro atoms. The van der Waals surface area contributed by atoms with Crippen molar-refractivity contribution in [2.45, 2.75) is 32.4 Å². The highest BCUT2D eigenvalue weighted by Gasteiger charge is 2.35. The van der Waals surface area contributed by atoms with Gasteiger partial charge < -0.3 is 9.84 Å². The summed E-state index contributed by atoms with van der Waals surface area (Å²) in [5.41, 5.74) is -0.168. The van der Waals surface area contributed by atoms with E-state index in [0.29, 0.717) is 13.2 Å². The highest BCUT2D eigenvalue weighted by atomic mass is 16.5. The van der Waals surface area contributed by atoms with Gasteiger partial charge in [-0.2, -0.15) is 0 Å². The summed E-state index contributed by atoms with van der Waals surface area (Å²) >= 11 is 0. The second-order valence-corrected chi connectivity index (χ2v) is 4.51. The van der Waals surface area contributed by atoms with Gasteiger partial charge in [-0.1, -0.05) is 0 Å². The van der Waals surface area contributed by atoms with Crippen LogP contribution in [0.2, 0.25) is 0 Å². The van der Waals surface area contributed by atoms with Crippen LogP contribution < -0.4 is 5.32 Å². The number of aliphatic carboxylic acids is 1. The lowest BCUT2D eigenvalue weighted by molar-refractivity contribution is -0.148. The van der Waals surface area contributed by atoms with E-state index in [9.17, 15) is 4.79 Å². The van der Waals surface area contributed by atoms with Crippen LogP contribution in [-0.2, 0) is 9.53 Å². The predicted molar refractivity (Wildman–Crippen MR) is 48.6 cm³/mol. The topological polar surface area (TPSA) is 58.6 Å². The van der Waals surface area contributed by atoms with Gasteiger partial charge in [0, 0.05) is 11.5 Å². The van der Waals surface area contributed by atoms with E-state index in [1.165, 1.54) is 0 Å². The van der Waals surface area contributed by atoms with Gasteiger partial charge in [0.25, 0.3) is 0 Å². The van der Waals surface area contributed by atoms with Gasteiger partial charge in [-0.05, 0) is 20.8 Å². The monoisotopic (exact) mass is 187 g/mol. The summed E-state index contributed by atoms with van der Waals surface area (Å²) in [6.45, 7) is 6.99. The first-order valence-corrected chi connectivity index (χ1v) is 4.48. The predicted octanol–water partition coefficient (Wildman–Crippen LogP) is 0.474. The summed E-state index contributed by atoms with van der Waals surface area (Å²) in [5, 5.41) is 12.0. The zero-order chi connectivity index (χ0) is 10.1. The van der Waals surface area contributed by atoms with Crippen molar-refractivity contribution in [3.05, 3.63) is 0 Å². The quantitative estimate of drug-likeness (QED) is 0.674. The molecule has 4 nitrogen and oxygen atoms in total. The van der Waals surface area contributed by atoms with Crippen molar-refractivity contribution in [2.75, 3.05) is 13.2 Å². The molecule has 1 heterocycles. The fraction of sp³-hybridized carbons (Fsp3) is 0.889. The second-order valence-electron chi connectivity index (χ2n) is 4.51. The average molecular weight is 187 g/mol. The zero-order valence-electron chi connectivity index (χ0n) is 8.33. The van der Waals surface area contributed by atoms with E-state index in [2.05, 4.69) is 5.32 Å². The highest BCUT2D eigenvalue weighted by Crippen LogP contribution is 2.17. The van der Waals surface area contributed by atoms with E-state index in [1.54, 1.807) is 0 Å². The minimum Gasteiger partial charge on any atom is -0.480 e. The van der Waals surface area contributed by atoms with Crippen LogP contribution in [0, 0.1) is 5.92 Å². The molecule has 13 heavy (non-hydrogen) atoms. The Bertz CT molecular complexity index is 194. The Labute approximate surface area is 78.3 Å². The van der Waals surface area contributed by atoms with Gasteiger partial charge in [-0.15, -0.1) is 0 Å². The number of ether oxygens (including phenoxy) is 1. The summed E-state index contributed by atoms with van der Waals surface area (Å²) in [5.74, 6) is -0.667. The maximum Gasteiger partial charge on any atom is 0.321 e. The van der Waals surface area contributed by atoms with E-state index < -0.39 is 12.0 Å². The van der Waals surface area contributed by atoms with Crippen molar-refractivity contribution in [1.29, 1.82) is 0 Å². The van der Waals surface area contributed by atoms with E-state index in [4.69, 9.17) is 9.84 Å². The Morgan fingerprint density at radius 3 is 2.31 bits per heavy atom. The van der Waals surface area contributed by atoms with Crippen LogP contribution in [0.1, 0.15) is 20.8 Å². The first kappa shape index (κ1) is 10.5. The zero-order valence-corrected chi connectivity index (χ0v) is 8.33. The maximum atomic E-state index is 10.9. The van der Waals surface area contributed by atoms with Gasteiger partial charge in [0.2, 0.25) is 0 Å². The molecular formula is C9H17NO3. The van der Waals surface area contributed by atoms with Crippen LogP contribution in [0.5, 0.6) is 0 Å². The molecular weight excluding hydrogens is 170 g/mol. The minimum atomic E-state index is -0.789. The Morgan fingerprint density at radius 1 is 1.54 bits per heavy atom. The molecule has 1 fully saturated rings. The van der Waals surface area contributed by atoms with E-state index in [0.717, 1.165) is 0 Å². The normalized spacial score (nSPS) is 20.8. The lowest BCUT2D eigenvalue weighted by Gasteiger charge is -2.35. The van der Waals surface area contributed by atoms with E-state index >= 15 is 0 Å². The number of rotatable bonds is 3. The third kappa shape index (κ3) is 2.97. The van der Waals surface area contributed by atoms with Crippen LogP contribution in [0.25, 0.3) is 0 Å². The molecule has 0 amide bonds. The number of nitrogens with one attached hydrogen (secondary N) is 1. The standard InChI is InChI=1S/C9H17NO3/c1-9(2,3)10-7(8(11)12)6-4-13-5-6/h6-7,10H,4-5H2,1-3H3,(H,11,12). The van der Waals surface area contributed by atoms with Crippen LogP contribution in [0.3, 0.4) is 0 Å². The van der Waals surface area contributed by atoms with Gasteiger partial charge in [-0.25, -0.2) is 0 Å². The Hall–Kier alpha value is -0.610. The number of hydrogen-bond donors (Lipinski definition) is 2. The SMILES string of the molecule is CC(C)(C)NC(C(=O)O)C1COC1. The second kappa shape index (κ2) is 3.64. The molecule has 4 heteroatoms. The smallest absolute Gasteiger partial charge is 0.321 e. The first-order chi connectivity index (χ1) is 5.90. The molecule has 2 N–H and O–H groups in total. The molecule has 1 rings (SSSR count). The first-order valence-electron chi connectivity index (χ1n) is 4.48. The van der Waals surface area contributed by atoms with Gasteiger partial charge in [0.15, 0.2) is 0 Å². The van der Waals surface area contributed by atoms with Gasteiger partial charge in [0.1, 0.15) is 6.04 Å². The van der Waals surface area contributed by atoms with Crippen LogP contribution in [0.4, 0.5) is 0 Å². The van der Waals surface area contributed by atoms with Crippen LogP contribution in [-0.4, -0.2) is 35.9 Å². The van der Waals surface area contributed by atoms with Gasteiger partial charge in [-0.3, -0.25) is 10.1 Å². The summed E-state index contributed by atoms with van der Waals surface area (Å²) in [6, 6.07) is -0.478. The number of hydrogen-bond acceptors (Lipinski definition) is 3. The molecule has 1 aliphatic heterocycles. The average Bonchev–Trinajstić information content (AvgIpc) is 1.78. The number of carbonyl (C=O) groups is 1. The number of carboxylic acids is 1. The molecule has 76 valence electrons. The Kier molecular flexibility index (Phi) is 2.93. The van der Waals surface area contributed by atoms with Crippen molar-refractivity contribution in [1.82, 2.24) is 5.32 Å². The Morgan fingerprint density at radius 2 is 2.08 bits per heavy atom. The lowest BCUT2D eigenvalue weighted by atomic mass is 9.95. The summed E-state index contributed by atoms with van der Waals surface area (Å²) < 4.78 is 4.98. The van der Waals surface area contributed by atoms with Crippen molar-refractivity contribution in [3.63, 3.8) is 0 Å². The van der Waals surface area contributed by atoms with Crippen molar-refractivity contribution >= 4 is 5.97 Å².